The van der Waals surface area contributed by atoms with Crippen molar-refractivity contribution in [2.75, 3.05) is 5.32 Å². The number of primary amides is 1. The van der Waals surface area contributed by atoms with Crippen molar-refractivity contribution in [2.24, 2.45) is 5.73 Å². The number of hydrogen-bond donors (Lipinski definition) is 3. The molecule has 1 atom stereocenters. The van der Waals surface area contributed by atoms with Crippen LogP contribution in [0.1, 0.15) is 49.6 Å². The van der Waals surface area contributed by atoms with Crippen molar-refractivity contribution >= 4 is 22.7 Å². The molecule has 0 saturated heterocycles. The number of benzene rings is 2. The van der Waals surface area contributed by atoms with E-state index in [2.05, 4.69) is 36.6 Å². The Morgan fingerprint density at radius 3 is 2.59 bits per heavy atom. The van der Waals surface area contributed by atoms with Crippen molar-refractivity contribution in [3.63, 3.8) is 0 Å². The number of fused-ring (bicyclic) bond motifs is 1. The van der Waals surface area contributed by atoms with E-state index in [1.165, 1.54) is 10.9 Å². The van der Waals surface area contributed by atoms with Gasteiger partial charge in [-0.15, -0.1) is 0 Å². The van der Waals surface area contributed by atoms with Gasteiger partial charge in [-0.2, -0.15) is 0 Å². The molecule has 0 radical (unpaired) electrons. The summed E-state index contributed by atoms with van der Waals surface area (Å²) in [5, 5.41) is 7.36. The van der Waals surface area contributed by atoms with E-state index < -0.39 is 6.03 Å². The molecule has 1 unspecified atom stereocenters. The summed E-state index contributed by atoms with van der Waals surface area (Å²) in [6, 6.07) is 15.5. The minimum absolute atomic E-state index is 0.167. The normalized spacial score (nSPS) is 12.2. The van der Waals surface area contributed by atoms with E-state index in [1.54, 1.807) is 0 Å². The average molecular weight is 365 g/mol. The Bertz CT molecular complexity index is 900. The first-order valence-corrected chi connectivity index (χ1v) is 9.47. The predicted molar refractivity (Wildman–Crippen MR) is 110 cm³/mol. The van der Waals surface area contributed by atoms with Crippen LogP contribution < -0.4 is 16.4 Å². The number of nitrogens with two attached hydrogens (primary N) is 1. The van der Waals surface area contributed by atoms with Gasteiger partial charge in [-0.05, 0) is 37.1 Å². The lowest BCUT2D eigenvalue weighted by Gasteiger charge is -2.15. The molecule has 1 aromatic heterocycles. The molecule has 0 saturated carbocycles. The third-order valence-electron chi connectivity index (χ3n) is 4.80. The van der Waals surface area contributed by atoms with Gasteiger partial charge in [0, 0.05) is 35.6 Å². The van der Waals surface area contributed by atoms with Gasteiger partial charge in [0.2, 0.25) is 0 Å². The molecule has 3 rings (SSSR count). The number of carbonyl (C=O) groups is 1. The zero-order valence-electron chi connectivity index (χ0n) is 15.9. The van der Waals surface area contributed by atoms with Crippen LogP contribution in [0.25, 0.3) is 11.0 Å². The van der Waals surface area contributed by atoms with Gasteiger partial charge in [-0.3, -0.25) is 0 Å². The molecule has 4 N–H and O–H groups in total. The first-order valence-electron chi connectivity index (χ1n) is 9.47. The minimum Gasteiger partial charge on any atom is -0.461 e. The van der Waals surface area contributed by atoms with Gasteiger partial charge in [0.25, 0.3) is 0 Å². The Morgan fingerprint density at radius 1 is 1.15 bits per heavy atom. The molecule has 27 heavy (non-hydrogen) atoms. The van der Waals surface area contributed by atoms with E-state index in [-0.39, 0.29) is 6.04 Å². The van der Waals surface area contributed by atoms with Crippen LogP contribution in [-0.2, 0) is 13.0 Å². The standard InChI is InChI=1S/C22H27N3O2/c1-3-4-8-21-19(18-7-5-6-9-20(18)27-21)14-24-15(2)16-10-12-17(13-11-16)25-22(23)26/h5-7,9-13,15,24H,3-4,8,14H2,1-2H3,(H3,23,25,26). The summed E-state index contributed by atoms with van der Waals surface area (Å²) >= 11 is 0. The van der Waals surface area contributed by atoms with E-state index in [1.807, 2.05) is 36.4 Å². The summed E-state index contributed by atoms with van der Waals surface area (Å²) in [7, 11) is 0. The number of rotatable bonds is 8. The number of amides is 2. The highest BCUT2D eigenvalue weighted by Crippen LogP contribution is 2.28. The molecule has 2 aromatic carbocycles. The number of hydrogen-bond acceptors (Lipinski definition) is 3. The second kappa shape index (κ2) is 8.73. The average Bonchev–Trinajstić information content (AvgIpc) is 3.02. The number of furan rings is 1. The summed E-state index contributed by atoms with van der Waals surface area (Å²) in [6.45, 7) is 5.07. The molecule has 5 heteroatoms. The molecular weight excluding hydrogens is 338 g/mol. The Balaban J connectivity index is 1.72. The van der Waals surface area contributed by atoms with Crippen LogP contribution in [-0.4, -0.2) is 6.03 Å². The Labute approximate surface area is 159 Å². The zero-order valence-corrected chi connectivity index (χ0v) is 15.9. The molecule has 1 heterocycles. The maximum atomic E-state index is 10.9. The van der Waals surface area contributed by atoms with E-state index >= 15 is 0 Å². The number of nitrogens with one attached hydrogen (secondary N) is 2. The molecule has 0 aliphatic rings. The van der Waals surface area contributed by atoms with Crippen LogP contribution in [0.4, 0.5) is 10.5 Å². The van der Waals surface area contributed by atoms with Gasteiger partial charge in [0.15, 0.2) is 0 Å². The lowest BCUT2D eigenvalue weighted by atomic mass is 10.0. The molecule has 2 amide bonds. The van der Waals surface area contributed by atoms with Crippen LogP contribution in [0.5, 0.6) is 0 Å². The highest BCUT2D eigenvalue weighted by Gasteiger charge is 2.15. The van der Waals surface area contributed by atoms with E-state index in [4.69, 9.17) is 10.2 Å². The van der Waals surface area contributed by atoms with Crippen LogP contribution in [0, 0.1) is 0 Å². The Morgan fingerprint density at radius 2 is 1.89 bits per heavy atom. The van der Waals surface area contributed by atoms with E-state index in [0.29, 0.717) is 5.69 Å². The summed E-state index contributed by atoms with van der Waals surface area (Å²) < 4.78 is 6.10. The topological polar surface area (TPSA) is 80.3 Å². The van der Waals surface area contributed by atoms with Crippen molar-refractivity contribution in [3.05, 3.63) is 65.4 Å². The van der Waals surface area contributed by atoms with E-state index in [0.717, 1.165) is 42.7 Å². The fraction of sp³-hybridized carbons (Fsp3) is 0.318. The Hall–Kier alpha value is -2.79. The molecule has 0 fully saturated rings. The van der Waals surface area contributed by atoms with Gasteiger partial charge < -0.3 is 20.8 Å². The summed E-state index contributed by atoms with van der Waals surface area (Å²) in [5.41, 5.74) is 9.19. The second-order valence-corrected chi connectivity index (χ2v) is 6.82. The smallest absolute Gasteiger partial charge is 0.316 e. The third kappa shape index (κ3) is 4.68. The Kier molecular flexibility index (Phi) is 6.14. The number of carbonyl (C=O) groups excluding carboxylic acids is 1. The van der Waals surface area contributed by atoms with Gasteiger partial charge in [-0.25, -0.2) is 4.79 Å². The highest BCUT2D eigenvalue weighted by molar-refractivity contribution is 5.87. The summed E-state index contributed by atoms with van der Waals surface area (Å²) in [6.07, 6.45) is 3.23. The van der Waals surface area contributed by atoms with Crippen molar-refractivity contribution in [1.29, 1.82) is 0 Å². The molecule has 0 aliphatic heterocycles. The van der Waals surface area contributed by atoms with E-state index in [9.17, 15) is 4.79 Å². The number of aryl methyl sites for hydroxylation is 1. The van der Waals surface area contributed by atoms with Crippen LogP contribution in [0.2, 0.25) is 0 Å². The molecule has 3 aromatic rings. The molecule has 0 aliphatic carbocycles. The first kappa shape index (κ1) is 19.0. The summed E-state index contributed by atoms with van der Waals surface area (Å²) in [4.78, 5) is 10.9. The fourth-order valence-electron chi connectivity index (χ4n) is 3.25. The van der Waals surface area contributed by atoms with Gasteiger partial charge >= 0.3 is 6.03 Å². The maximum Gasteiger partial charge on any atom is 0.316 e. The van der Waals surface area contributed by atoms with Crippen LogP contribution in [0.3, 0.4) is 0 Å². The molecule has 142 valence electrons. The number of para-hydroxylation sites is 1. The third-order valence-corrected chi connectivity index (χ3v) is 4.80. The monoisotopic (exact) mass is 365 g/mol. The first-order chi connectivity index (χ1) is 13.1. The number of anilines is 1. The van der Waals surface area contributed by atoms with Crippen molar-refractivity contribution in [2.45, 2.75) is 45.7 Å². The predicted octanol–water partition coefficient (Wildman–Crippen LogP) is 5.12. The van der Waals surface area contributed by atoms with Crippen molar-refractivity contribution in [3.8, 4) is 0 Å². The second-order valence-electron chi connectivity index (χ2n) is 6.82. The number of unbranched alkanes of at least 4 members (excludes halogenated alkanes) is 1. The maximum absolute atomic E-state index is 10.9. The van der Waals surface area contributed by atoms with Crippen molar-refractivity contribution in [1.82, 2.24) is 5.32 Å². The minimum atomic E-state index is -0.555. The molecular formula is C22H27N3O2. The van der Waals surface area contributed by atoms with Gasteiger partial charge in [-0.1, -0.05) is 43.7 Å². The van der Waals surface area contributed by atoms with Crippen LogP contribution in [0.15, 0.2) is 52.9 Å². The van der Waals surface area contributed by atoms with Crippen molar-refractivity contribution < 1.29 is 9.21 Å². The summed E-state index contributed by atoms with van der Waals surface area (Å²) in [5.74, 6) is 1.08. The molecule has 0 spiro atoms. The SMILES string of the molecule is CCCCc1oc2ccccc2c1CNC(C)c1ccc(NC(N)=O)cc1. The lowest BCUT2D eigenvalue weighted by Crippen LogP contribution is -2.20. The zero-order chi connectivity index (χ0) is 19.2. The van der Waals surface area contributed by atoms with Gasteiger partial charge in [0.05, 0.1) is 0 Å². The van der Waals surface area contributed by atoms with Crippen LogP contribution >= 0.6 is 0 Å². The van der Waals surface area contributed by atoms with Gasteiger partial charge in [0.1, 0.15) is 11.3 Å². The largest absolute Gasteiger partial charge is 0.461 e. The quantitative estimate of drug-likeness (QED) is 0.518. The number of urea groups is 1. The lowest BCUT2D eigenvalue weighted by molar-refractivity contribution is 0.259. The highest BCUT2D eigenvalue weighted by atomic mass is 16.3. The fourth-order valence-corrected chi connectivity index (χ4v) is 3.25. The molecule has 5 nitrogen and oxygen atoms in total. The molecule has 0 bridgehead atoms.